The van der Waals surface area contributed by atoms with Gasteiger partial charge < -0.3 is 40.9 Å². The maximum Gasteiger partial charge on any atom is 0.204 e. The van der Waals surface area contributed by atoms with E-state index in [2.05, 4.69) is 0 Å². The first-order chi connectivity index (χ1) is 27.2. The number of benzene rings is 10. The summed E-state index contributed by atoms with van der Waals surface area (Å²) in [5, 5.41) is 98.4. The van der Waals surface area contributed by atoms with Crippen LogP contribution in [0.3, 0.4) is 0 Å². The zero-order valence-corrected chi connectivity index (χ0v) is 29.3. The maximum atomic E-state index is 11.9. The van der Waals surface area contributed by atoms with Crippen LogP contribution < -0.4 is 0 Å². The average molecular weight is 735 g/mol. The van der Waals surface area contributed by atoms with Crippen molar-refractivity contribution in [3.05, 3.63) is 133 Å². The van der Waals surface area contributed by atoms with Crippen molar-refractivity contribution in [1.82, 2.24) is 0 Å². The van der Waals surface area contributed by atoms with Gasteiger partial charge in [0.2, 0.25) is 23.0 Å². The summed E-state index contributed by atoms with van der Waals surface area (Å²) in [6, 6.07) is 42.0. The Morgan fingerprint density at radius 3 is 1.32 bits per heavy atom. The largest absolute Gasteiger partial charge is 0.504 e. The predicted octanol–water partition coefficient (Wildman–Crippen LogP) is 11.3. The highest BCUT2D eigenvalue weighted by atomic mass is 16.4. The summed E-state index contributed by atoms with van der Waals surface area (Å²) in [7, 11) is 0. The van der Waals surface area contributed by atoms with E-state index in [9.17, 15) is 40.9 Å². The normalized spacial score (nSPS) is 11.8. The van der Waals surface area contributed by atoms with Crippen molar-refractivity contribution in [2.24, 2.45) is 0 Å². The van der Waals surface area contributed by atoms with Gasteiger partial charge in [0.1, 0.15) is 0 Å². The lowest BCUT2D eigenvalue weighted by Gasteiger charge is -2.24. The van der Waals surface area contributed by atoms with Crippen molar-refractivity contribution < 1.29 is 40.9 Å². The molecule has 0 spiro atoms. The van der Waals surface area contributed by atoms with Crippen molar-refractivity contribution >= 4 is 64.6 Å². The zero-order valence-electron chi connectivity index (χ0n) is 29.3. The molecule has 0 saturated carbocycles. The molecule has 10 rings (SSSR count). The van der Waals surface area contributed by atoms with E-state index in [-0.39, 0.29) is 32.7 Å². The Bertz CT molecular complexity index is 3260. The van der Waals surface area contributed by atoms with Gasteiger partial charge in [-0.15, -0.1) is 0 Å². The van der Waals surface area contributed by atoms with E-state index in [4.69, 9.17) is 0 Å². The number of rotatable bonds is 3. The fourth-order valence-corrected chi connectivity index (χ4v) is 8.58. The Labute approximate surface area is 317 Å². The molecule has 0 fully saturated rings. The molecule has 8 nitrogen and oxygen atoms in total. The predicted molar refractivity (Wildman–Crippen MR) is 221 cm³/mol. The van der Waals surface area contributed by atoms with Crippen molar-refractivity contribution in [3.8, 4) is 79.4 Å². The first kappa shape index (κ1) is 32.8. The Morgan fingerprint density at radius 1 is 0.250 bits per heavy atom. The van der Waals surface area contributed by atoms with Gasteiger partial charge in [-0.25, -0.2) is 0 Å². The number of aromatic hydroxyl groups is 8. The van der Waals surface area contributed by atoms with Crippen LogP contribution in [0.2, 0.25) is 0 Å². The van der Waals surface area contributed by atoms with E-state index >= 15 is 0 Å². The van der Waals surface area contributed by atoms with E-state index in [1.54, 1.807) is 18.2 Å². The molecular weight excluding hydrogens is 705 g/mol. The van der Waals surface area contributed by atoms with Crippen LogP contribution in [0.1, 0.15) is 0 Å². The zero-order chi connectivity index (χ0) is 38.6. The maximum absolute atomic E-state index is 11.9. The van der Waals surface area contributed by atoms with Gasteiger partial charge in [-0.3, -0.25) is 0 Å². The van der Waals surface area contributed by atoms with E-state index in [1.807, 2.05) is 115 Å². The lowest BCUT2D eigenvalue weighted by atomic mass is 9.81. The molecule has 0 amide bonds. The third kappa shape index (κ3) is 4.41. The lowest BCUT2D eigenvalue weighted by molar-refractivity contribution is 0.350. The molecule has 0 aliphatic rings. The smallest absolute Gasteiger partial charge is 0.204 e. The van der Waals surface area contributed by atoms with Crippen LogP contribution in [-0.4, -0.2) is 40.9 Å². The Kier molecular flexibility index (Phi) is 6.93. The molecule has 0 heterocycles. The van der Waals surface area contributed by atoms with Crippen LogP contribution in [0.5, 0.6) is 46.0 Å². The van der Waals surface area contributed by atoms with Gasteiger partial charge >= 0.3 is 0 Å². The van der Waals surface area contributed by atoms with Gasteiger partial charge in [0.25, 0.3) is 0 Å². The molecule has 0 bridgehead atoms. The van der Waals surface area contributed by atoms with E-state index in [0.29, 0.717) is 16.5 Å². The molecule has 10 aromatic rings. The number of fused-ring (bicyclic) bond motifs is 8. The lowest BCUT2D eigenvalue weighted by Crippen LogP contribution is -1.96. The first-order valence-electron chi connectivity index (χ1n) is 17.8. The molecule has 0 aliphatic carbocycles. The number of hydrogen-bond donors (Lipinski definition) is 8. The number of phenols is 8. The minimum absolute atomic E-state index is 0.00131. The third-order valence-electron chi connectivity index (χ3n) is 11.1. The molecule has 0 saturated heterocycles. The molecule has 10 aromatic carbocycles. The summed E-state index contributed by atoms with van der Waals surface area (Å²) in [5.41, 5.74) is 2.31. The van der Waals surface area contributed by atoms with Gasteiger partial charge in [0, 0.05) is 32.7 Å². The Hall–Kier alpha value is -7.84. The molecule has 0 radical (unpaired) electrons. The summed E-state index contributed by atoms with van der Waals surface area (Å²) < 4.78 is 0. The van der Waals surface area contributed by atoms with Gasteiger partial charge in [0.15, 0.2) is 23.0 Å². The molecule has 8 heteroatoms. The second-order valence-electron chi connectivity index (χ2n) is 14.0. The summed E-state index contributed by atoms with van der Waals surface area (Å²) in [5.74, 6) is -7.39. The van der Waals surface area contributed by atoms with Gasteiger partial charge in [0.05, 0.1) is 0 Å². The van der Waals surface area contributed by atoms with E-state index < -0.39 is 46.0 Å². The summed E-state index contributed by atoms with van der Waals surface area (Å²) in [4.78, 5) is 0. The Balaban J connectivity index is 1.43. The highest BCUT2D eigenvalue weighted by Crippen LogP contribution is 2.62. The quantitative estimate of drug-likeness (QED) is 0.0385. The molecule has 270 valence electrons. The van der Waals surface area contributed by atoms with Crippen LogP contribution in [0.4, 0.5) is 0 Å². The minimum atomic E-state index is -1.02. The minimum Gasteiger partial charge on any atom is -0.504 e. The van der Waals surface area contributed by atoms with Gasteiger partial charge in [-0.1, -0.05) is 121 Å². The number of hydrogen-bond acceptors (Lipinski definition) is 8. The summed E-state index contributed by atoms with van der Waals surface area (Å²) in [6.45, 7) is 0. The second kappa shape index (κ2) is 11.8. The van der Waals surface area contributed by atoms with Crippen molar-refractivity contribution in [2.75, 3.05) is 0 Å². The highest BCUT2D eigenvalue weighted by molar-refractivity contribution is 6.32. The van der Waals surface area contributed by atoms with Crippen molar-refractivity contribution in [1.29, 1.82) is 0 Å². The highest BCUT2D eigenvalue weighted by Gasteiger charge is 2.33. The van der Waals surface area contributed by atoms with E-state index in [0.717, 1.165) is 48.8 Å². The van der Waals surface area contributed by atoms with E-state index in [1.165, 1.54) is 0 Å². The van der Waals surface area contributed by atoms with Crippen LogP contribution in [0.25, 0.3) is 98.0 Å². The van der Waals surface area contributed by atoms with Gasteiger partial charge in [-0.05, 0) is 77.5 Å². The van der Waals surface area contributed by atoms with Crippen LogP contribution in [0, 0.1) is 0 Å². The molecule has 0 aliphatic heterocycles. The topological polar surface area (TPSA) is 162 Å². The SMILES string of the molecule is Oc1c(O)c(O)c2c(-c3cc4ccc5ccccc5c4c4ccccc34)c3c(O)c(O)c(O)c(O)c3c(-c3cccc(-c4cccc5ccccc45)c3)c2c1O. The monoisotopic (exact) mass is 734 g/mol. The standard InChI is InChI=1S/C48H30O8/c49-41-37-35(26-13-7-12-25(21-26)29-18-8-11-23-9-1-3-14-28(23)29)38-40(44(52)48(56)46(54)42(38)50)36(39(37)43(51)47(55)45(41)53)33-22-27-20-19-24-10-2-4-15-30(24)34(27)32-17-6-5-16-31(32)33/h1-22,49-56H. The average Bonchev–Trinajstić information content (AvgIpc) is 3.24. The van der Waals surface area contributed by atoms with Crippen LogP contribution in [0.15, 0.2) is 133 Å². The van der Waals surface area contributed by atoms with Gasteiger partial charge in [-0.2, -0.15) is 0 Å². The fraction of sp³-hybridized carbons (Fsp3) is 0. The third-order valence-corrected chi connectivity index (χ3v) is 11.1. The molecule has 0 aromatic heterocycles. The molecule has 0 unspecified atom stereocenters. The molecular formula is C48H30O8. The fourth-order valence-electron chi connectivity index (χ4n) is 8.58. The van der Waals surface area contributed by atoms with Crippen molar-refractivity contribution in [2.45, 2.75) is 0 Å². The van der Waals surface area contributed by atoms with Crippen LogP contribution in [-0.2, 0) is 0 Å². The van der Waals surface area contributed by atoms with Crippen molar-refractivity contribution in [3.63, 3.8) is 0 Å². The summed E-state index contributed by atoms with van der Waals surface area (Å²) in [6.07, 6.45) is 0. The van der Waals surface area contributed by atoms with Crippen LogP contribution >= 0.6 is 0 Å². The molecule has 8 N–H and O–H groups in total. The molecule has 56 heavy (non-hydrogen) atoms. The second-order valence-corrected chi connectivity index (χ2v) is 14.0. The first-order valence-corrected chi connectivity index (χ1v) is 17.8. The Morgan fingerprint density at radius 2 is 0.696 bits per heavy atom. The molecule has 0 atom stereocenters. The number of phenolic OH excluding ortho intramolecular Hbond substituents is 8. The summed E-state index contributed by atoms with van der Waals surface area (Å²) >= 11 is 0.